The summed E-state index contributed by atoms with van der Waals surface area (Å²) in [7, 11) is 0. The van der Waals surface area contributed by atoms with Gasteiger partial charge < -0.3 is 20.4 Å². The number of unbranched alkanes of at least 4 members (excludes halogenated alkanes) is 5. The van der Waals surface area contributed by atoms with Crippen molar-refractivity contribution in [2.24, 2.45) is 0 Å². The van der Waals surface area contributed by atoms with Crippen molar-refractivity contribution in [1.82, 2.24) is 0 Å². The Hall–Kier alpha value is -2.43. The van der Waals surface area contributed by atoms with Crippen LogP contribution in [0.3, 0.4) is 0 Å². The van der Waals surface area contributed by atoms with E-state index in [4.69, 9.17) is 0 Å². The Balaban J connectivity index is 0.00000432. The Morgan fingerprint density at radius 1 is 0.730 bits per heavy atom. The molecule has 202 valence electrons. The monoisotopic (exact) mass is 540 g/mol. The van der Waals surface area contributed by atoms with Crippen molar-refractivity contribution in [2.45, 2.75) is 91.9 Å². The average Bonchev–Trinajstić information content (AvgIpc) is 3.10. The maximum Gasteiger partial charge on any atom is 2.00 e. The van der Waals surface area contributed by atoms with Crippen molar-refractivity contribution in [3.63, 3.8) is 0 Å². The topological polar surface area (TPSA) is 25.3 Å². The van der Waals surface area contributed by atoms with E-state index in [0.717, 1.165) is 65.8 Å². The summed E-state index contributed by atoms with van der Waals surface area (Å²) < 4.78 is 1.39. The number of aryl methyl sites for hydroxylation is 2. The van der Waals surface area contributed by atoms with Gasteiger partial charge in [0, 0.05) is 23.1 Å². The van der Waals surface area contributed by atoms with Gasteiger partial charge in [-0.2, -0.15) is 0 Å². The maximum atomic E-state index is 11.5. The second-order valence-electron chi connectivity index (χ2n) is 9.38. The van der Waals surface area contributed by atoms with Gasteiger partial charge in [0.2, 0.25) is 11.4 Å². The molecule has 37 heavy (non-hydrogen) atoms. The summed E-state index contributed by atoms with van der Waals surface area (Å²) in [5, 5.41) is 0. The molecule has 2 aromatic carbocycles. The van der Waals surface area contributed by atoms with Gasteiger partial charge in [0.25, 0.3) is 0 Å². The van der Waals surface area contributed by atoms with Gasteiger partial charge in [0.05, 0.1) is 0 Å². The molecule has 3 heteroatoms. The molecular weight excluding hydrogens is 495 g/mol. The van der Waals surface area contributed by atoms with E-state index in [1.54, 1.807) is 0 Å². The van der Waals surface area contributed by atoms with Gasteiger partial charge in [0.15, 0.2) is 0 Å². The molecule has 0 amide bonds. The normalized spacial score (nSPS) is 12.4. The molecule has 0 unspecified atom stereocenters. The van der Waals surface area contributed by atoms with Gasteiger partial charge in [-0.3, -0.25) is 0 Å². The largest absolute Gasteiger partial charge is 2.00 e. The van der Waals surface area contributed by atoms with Crippen molar-refractivity contribution in [3.8, 4) is 11.8 Å². The Kier molecular flexibility index (Phi) is 16.8. The average molecular weight is 541 g/mol. The SMILES string of the molecule is CCCCC#CC1=C(c2cccc(CCCC)c2)[N+](=[N-])C(c2cccc(CCCCC)c2)=C1C.[CH3-].[CH3-].[Ni+2]. The summed E-state index contributed by atoms with van der Waals surface area (Å²) in [5.74, 6) is 6.80. The van der Waals surface area contributed by atoms with Gasteiger partial charge in [-0.25, -0.2) is 4.70 Å². The molecule has 1 aliphatic heterocycles. The van der Waals surface area contributed by atoms with Gasteiger partial charge in [-0.15, -0.1) is 0 Å². The third kappa shape index (κ3) is 9.12. The van der Waals surface area contributed by atoms with Gasteiger partial charge >= 0.3 is 16.5 Å². The fourth-order valence-corrected chi connectivity index (χ4v) is 4.56. The summed E-state index contributed by atoms with van der Waals surface area (Å²) in [6.45, 7) is 8.75. The molecule has 0 atom stereocenters. The third-order valence-corrected chi connectivity index (χ3v) is 6.55. The summed E-state index contributed by atoms with van der Waals surface area (Å²) >= 11 is 0. The fraction of sp³-hybridized carbons (Fsp3) is 0.412. The summed E-state index contributed by atoms with van der Waals surface area (Å²) in [6.07, 6.45) is 11.2. The zero-order valence-electron chi connectivity index (χ0n) is 23.9. The summed E-state index contributed by atoms with van der Waals surface area (Å²) in [6, 6.07) is 17.3. The van der Waals surface area contributed by atoms with Crippen LogP contribution in [0, 0.1) is 26.7 Å². The van der Waals surface area contributed by atoms with E-state index in [1.807, 2.05) is 0 Å². The predicted molar refractivity (Wildman–Crippen MR) is 158 cm³/mol. The molecule has 2 nitrogen and oxygen atoms in total. The number of nitrogens with zero attached hydrogens (tertiary/aromatic N) is 2. The minimum atomic E-state index is 0. The minimum Gasteiger partial charge on any atom is -0.493 e. The van der Waals surface area contributed by atoms with E-state index in [0.29, 0.717) is 0 Å². The van der Waals surface area contributed by atoms with Crippen LogP contribution >= 0.6 is 0 Å². The number of rotatable bonds is 11. The van der Waals surface area contributed by atoms with E-state index in [2.05, 4.69) is 88.1 Å². The quantitative estimate of drug-likeness (QED) is 0.0890. The van der Waals surface area contributed by atoms with Crippen molar-refractivity contribution in [2.75, 3.05) is 0 Å². The molecule has 0 aliphatic carbocycles. The van der Waals surface area contributed by atoms with Gasteiger partial charge in [-0.1, -0.05) is 82.6 Å². The third-order valence-electron chi connectivity index (χ3n) is 6.55. The van der Waals surface area contributed by atoms with E-state index in [9.17, 15) is 5.53 Å². The Bertz CT molecular complexity index is 1130. The molecule has 1 aliphatic rings. The Labute approximate surface area is 238 Å². The molecule has 2 aromatic rings. The smallest absolute Gasteiger partial charge is 0.493 e. The molecular formula is C34H46N2Ni. The van der Waals surface area contributed by atoms with Crippen molar-refractivity contribution >= 4 is 11.4 Å². The molecule has 0 saturated carbocycles. The van der Waals surface area contributed by atoms with Crippen LogP contribution in [0.1, 0.15) is 101 Å². The predicted octanol–water partition coefficient (Wildman–Crippen LogP) is 10.0. The van der Waals surface area contributed by atoms with Crippen molar-refractivity contribution < 1.29 is 21.2 Å². The maximum absolute atomic E-state index is 11.5. The molecule has 0 fully saturated rings. The molecule has 0 bridgehead atoms. The van der Waals surface area contributed by atoms with Crippen molar-refractivity contribution in [3.05, 3.63) is 102 Å². The zero-order chi connectivity index (χ0) is 24.3. The van der Waals surface area contributed by atoms with Crippen LogP contribution in [-0.4, -0.2) is 4.70 Å². The van der Waals surface area contributed by atoms with Crippen LogP contribution in [0.5, 0.6) is 0 Å². The molecule has 0 N–H and O–H groups in total. The number of hydrogen-bond acceptors (Lipinski definition) is 0. The summed E-state index contributed by atoms with van der Waals surface area (Å²) in [4.78, 5) is 0. The van der Waals surface area contributed by atoms with Crippen LogP contribution in [0.4, 0.5) is 0 Å². The molecule has 3 rings (SSSR count). The first kappa shape index (κ1) is 34.6. The molecule has 1 heterocycles. The van der Waals surface area contributed by atoms with Crippen LogP contribution in [0.2, 0.25) is 0 Å². The standard InChI is InChI=1S/C32H40N2.2CH3.Ni/c1-5-8-11-13-22-30-25(4)31(28-20-14-19-27(23-28)17-12-9-6-2)34(33)32(30)29-21-15-18-26(24-29)16-10-7-3;;;/h14-15,18-21,23-24H,5-12,16-17H2,1-4H3;2*1H3;/q;2*-1;+2. The van der Waals surface area contributed by atoms with E-state index >= 15 is 0 Å². The number of benzene rings is 2. The first-order valence-corrected chi connectivity index (χ1v) is 13.2. The first-order valence-electron chi connectivity index (χ1n) is 13.2. The van der Waals surface area contributed by atoms with E-state index in [1.165, 1.54) is 47.9 Å². The van der Waals surface area contributed by atoms with Crippen LogP contribution in [0.25, 0.3) is 16.9 Å². The van der Waals surface area contributed by atoms with Crippen LogP contribution < -0.4 is 0 Å². The molecule has 0 aromatic heterocycles. The second-order valence-corrected chi connectivity index (χ2v) is 9.38. The van der Waals surface area contributed by atoms with E-state index < -0.39 is 0 Å². The summed E-state index contributed by atoms with van der Waals surface area (Å²) in [5.41, 5.74) is 19.9. The molecule has 0 spiro atoms. The zero-order valence-corrected chi connectivity index (χ0v) is 24.9. The second kappa shape index (κ2) is 17.9. The Morgan fingerprint density at radius 3 is 1.84 bits per heavy atom. The van der Waals surface area contributed by atoms with Gasteiger partial charge in [-0.05, 0) is 74.4 Å². The number of allylic oxidation sites excluding steroid dienone is 2. The van der Waals surface area contributed by atoms with Gasteiger partial charge in [0.1, 0.15) is 5.57 Å². The minimum absolute atomic E-state index is 0. The van der Waals surface area contributed by atoms with Crippen LogP contribution in [0.15, 0.2) is 59.7 Å². The van der Waals surface area contributed by atoms with E-state index in [-0.39, 0.29) is 31.3 Å². The molecule has 0 radical (unpaired) electrons. The van der Waals surface area contributed by atoms with Crippen molar-refractivity contribution in [1.29, 1.82) is 0 Å². The molecule has 0 saturated heterocycles. The first-order chi connectivity index (χ1) is 16.6. The fourth-order valence-electron chi connectivity index (χ4n) is 4.56. The van der Waals surface area contributed by atoms with Crippen LogP contribution in [-0.2, 0) is 29.3 Å². The number of hydrogen-bond donors (Lipinski definition) is 0. The Morgan fingerprint density at radius 2 is 1.27 bits per heavy atom.